The van der Waals surface area contributed by atoms with Crippen LogP contribution in [0.15, 0.2) is 0 Å². The smallest absolute Gasteiger partial charge is 0.0947 e. The summed E-state index contributed by atoms with van der Waals surface area (Å²) in [5.74, 6) is 0.465. The molecular weight excluding hydrogens is 200 g/mol. The first-order valence-corrected chi connectivity index (χ1v) is 6.31. The molecule has 2 unspecified atom stereocenters. The number of nitrogens with two attached hydrogens (primary N) is 1. The van der Waals surface area contributed by atoms with Crippen molar-refractivity contribution in [3.63, 3.8) is 0 Å². The van der Waals surface area contributed by atoms with Crippen LogP contribution < -0.4 is 5.73 Å². The molecular formula is C12H26N4. The van der Waals surface area contributed by atoms with Crippen molar-refractivity contribution in [1.29, 1.82) is 5.41 Å². The highest BCUT2D eigenvalue weighted by atomic mass is 15.2. The molecule has 1 rings (SSSR count). The standard InChI is InChI=1S/C12H26N4/c1-4-16-7-5-6-11(16)9-15(3)8-10(2)12(13)14/h10-11H,4-9H2,1-3H3,(H3,13,14). The zero-order valence-corrected chi connectivity index (χ0v) is 10.9. The lowest BCUT2D eigenvalue weighted by atomic mass is 10.1. The summed E-state index contributed by atoms with van der Waals surface area (Å²) in [5.41, 5.74) is 5.49. The van der Waals surface area contributed by atoms with E-state index in [-0.39, 0.29) is 5.92 Å². The SMILES string of the molecule is CCN1CCCC1CN(C)CC(C)C(=N)N. The van der Waals surface area contributed by atoms with Crippen LogP contribution in [0.1, 0.15) is 26.7 Å². The van der Waals surface area contributed by atoms with E-state index in [1.807, 2.05) is 6.92 Å². The summed E-state index contributed by atoms with van der Waals surface area (Å²) in [6, 6.07) is 0.703. The predicted octanol–water partition coefficient (Wildman–Crippen LogP) is 0.975. The van der Waals surface area contributed by atoms with E-state index in [2.05, 4.69) is 23.8 Å². The largest absolute Gasteiger partial charge is 0.387 e. The zero-order chi connectivity index (χ0) is 12.1. The van der Waals surface area contributed by atoms with E-state index in [0.717, 1.165) is 19.6 Å². The van der Waals surface area contributed by atoms with E-state index >= 15 is 0 Å². The van der Waals surface area contributed by atoms with Gasteiger partial charge in [-0.2, -0.15) is 0 Å². The highest BCUT2D eigenvalue weighted by Crippen LogP contribution is 2.17. The second-order valence-electron chi connectivity index (χ2n) is 5.00. The summed E-state index contributed by atoms with van der Waals surface area (Å²) in [6.45, 7) is 8.65. The molecule has 0 aliphatic carbocycles. The third kappa shape index (κ3) is 3.76. The first kappa shape index (κ1) is 13.5. The number of likely N-dealkylation sites (tertiary alicyclic amines) is 1. The molecule has 1 aliphatic rings. The van der Waals surface area contributed by atoms with Crippen LogP contribution in [0.3, 0.4) is 0 Å². The maximum Gasteiger partial charge on any atom is 0.0947 e. The second kappa shape index (κ2) is 6.21. The summed E-state index contributed by atoms with van der Waals surface area (Å²) in [6.07, 6.45) is 2.64. The van der Waals surface area contributed by atoms with E-state index in [9.17, 15) is 0 Å². The summed E-state index contributed by atoms with van der Waals surface area (Å²) in [7, 11) is 2.13. The monoisotopic (exact) mass is 226 g/mol. The van der Waals surface area contributed by atoms with Gasteiger partial charge < -0.3 is 10.6 Å². The Kier molecular flexibility index (Phi) is 5.22. The molecule has 3 N–H and O–H groups in total. The Labute approximate surface area is 99.3 Å². The van der Waals surface area contributed by atoms with Gasteiger partial charge in [0.05, 0.1) is 5.84 Å². The maximum atomic E-state index is 7.39. The number of hydrogen-bond donors (Lipinski definition) is 2. The van der Waals surface area contributed by atoms with Crippen LogP contribution >= 0.6 is 0 Å². The number of likely N-dealkylation sites (N-methyl/N-ethyl adjacent to an activating group) is 2. The molecule has 16 heavy (non-hydrogen) atoms. The van der Waals surface area contributed by atoms with Crippen molar-refractivity contribution in [3.05, 3.63) is 0 Å². The maximum absolute atomic E-state index is 7.39. The van der Waals surface area contributed by atoms with Gasteiger partial charge in [-0.3, -0.25) is 10.3 Å². The topological polar surface area (TPSA) is 56.4 Å². The highest BCUT2D eigenvalue weighted by molar-refractivity contribution is 5.79. The average Bonchev–Trinajstić information content (AvgIpc) is 2.64. The fourth-order valence-corrected chi connectivity index (χ4v) is 2.52. The third-order valence-electron chi connectivity index (χ3n) is 3.54. The molecule has 4 nitrogen and oxygen atoms in total. The van der Waals surface area contributed by atoms with Crippen LogP contribution in [0.4, 0.5) is 0 Å². The molecule has 0 saturated carbocycles. The van der Waals surface area contributed by atoms with Crippen molar-refractivity contribution in [2.45, 2.75) is 32.7 Å². The number of nitrogens with zero attached hydrogens (tertiary/aromatic N) is 2. The first-order chi connectivity index (χ1) is 7.54. The quantitative estimate of drug-likeness (QED) is 0.524. The molecule has 0 aromatic rings. The molecule has 94 valence electrons. The van der Waals surface area contributed by atoms with E-state index in [1.165, 1.54) is 19.4 Å². The third-order valence-corrected chi connectivity index (χ3v) is 3.54. The van der Waals surface area contributed by atoms with Crippen LogP contribution in [-0.4, -0.2) is 54.9 Å². The van der Waals surface area contributed by atoms with Crippen molar-refractivity contribution >= 4 is 5.84 Å². The van der Waals surface area contributed by atoms with Crippen LogP contribution in [0.25, 0.3) is 0 Å². The molecule has 4 heteroatoms. The van der Waals surface area contributed by atoms with Gasteiger partial charge in [0.25, 0.3) is 0 Å². The van der Waals surface area contributed by atoms with Crippen LogP contribution in [0, 0.1) is 11.3 Å². The lowest BCUT2D eigenvalue weighted by Gasteiger charge is -2.29. The molecule has 0 aromatic heterocycles. The Morgan fingerprint density at radius 2 is 2.31 bits per heavy atom. The summed E-state index contributed by atoms with van der Waals surface area (Å²) >= 11 is 0. The van der Waals surface area contributed by atoms with Crippen LogP contribution in [0.2, 0.25) is 0 Å². The summed E-state index contributed by atoms with van der Waals surface area (Å²) in [5, 5.41) is 7.39. The second-order valence-corrected chi connectivity index (χ2v) is 5.00. The van der Waals surface area contributed by atoms with E-state index in [1.54, 1.807) is 0 Å². The minimum atomic E-state index is 0.168. The first-order valence-electron chi connectivity index (χ1n) is 6.31. The molecule has 0 spiro atoms. The van der Waals surface area contributed by atoms with Crippen LogP contribution in [-0.2, 0) is 0 Å². The fraction of sp³-hybridized carbons (Fsp3) is 0.917. The van der Waals surface area contributed by atoms with Gasteiger partial charge >= 0.3 is 0 Å². The Morgan fingerprint density at radius 3 is 2.88 bits per heavy atom. The zero-order valence-electron chi connectivity index (χ0n) is 10.9. The minimum absolute atomic E-state index is 0.168. The number of hydrogen-bond acceptors (Lipinski definition) is 3. The van der Waals surface area contributed by atoms with Crippen molar-refractivity contribution in [3.8, 4) is 0 Å². The van der Waals surface area contributed by atoms with Crippen molar-refractivity contribution in [1.82, 2.24) is 9.80 Å². The van der Waals surface area contributed by atoms with Gasteiger partial charge in [0.2, 0.25) is 0 Å². The molecule has 1 aliphatic heterocycles. The van der Waals surface area contributed by atoms with Crippen molar-refractivity contribution in [2.75, 3.05) is 33.2 Å². The normalized spacial score (nSPS) is 23.9. The van der Waals surface area contributed by atoms with E-state index in [4.69, 9.17) is 11.1 Å². The molecule has 0 aromatic carbocycles. The van der Waals surface area contributed by atoms with Crippen molar-refractivity contribution < 1.29 is 0 Å². The lowest BCUT2D eigenvalue weighted by molar-refractivity contribution is 0.193. The average molecular weight is 226 g/mol. The van der Waals surface area contributed by atoms with E-state index < -0.39 is 0 Å². The Bertz CT molecular complexity index is 229. The Balaban J connectivity index is 2.33. The summed E-state index contributed by atoms with van der Waals surface area (Å²) in [4.78, 5) is 4.86. The van der Waals surface area contributed by atoms with Gasteiger partial charge in [-0.1, -0.05) is 13.8 Å². The lowest BCUT2D eigenvalue weighted by Crippen LogP contribution is -2.41. The van der Waals surface area contributed by atoms with Gasteiger partial charge in [0, 0.05) is 25.0 Å². The number of rotatable bonds is 6. The molecule has 2 atom stereocenters. The minimum Gasteiger partial charge on any atom is -0.387 e. The molecule has 1 saturated heterocycles. The van der Waals surface area contributed by atoms with Crippen molar-refractivity contribution in [2.24, 2.45) is 11.7 Å². The fourth-order valence-electron chi connectivity index (χ4n) is 2.52. The Morgan fingerprint density at radius 1 is 1.62 bits per heavy atom. The van der Waals surface area contributed by atoms with Gasteiger partial charge in [-0.05, 0) is 33.0 Å². The van der Waals surface area contributed by atoms with Crippen LogP contribution in [0.5, 0.6) is 0 Å². The molecule has 0 amide bonds. The molecule has 0 bridgehead atoms. The Hall–Kier alpha value is -0.610. The van der Waals surface area contributed by atoms with Gasteiger partial charge in [-0.15, -0.1) is 0 Å². The summed E-state index contributed by atoms with van der Waals surface area (Å²) < 4.78 is 0. The van der Waals surface area contributed by atoms with Gasteiger partial charge in [-0.25, -0.2) is 0 Å². The highest BCUT2D eigenvalue weighted by Gasteiger charge is 2.24. The van der Waals surface area contributed by atoms with Gasteiger partial charge in [0.1, 0.15) is 0 Å². The molecule has 1 heterocycles. The number of amidine groups is 1. The predicted molar refractivity (Wildman–Crippen MR) is 68.8 cm³/mol. The molecule has 0 radical (unpaired) electrons. The van der Waals surface area contributed by atoms with E-state index in [0.29, 0.717) is 11.9 Å². The molecule has 1 fully saturated rings. The van der Waals surface area contributed by atoms with Gasteiger partial charge in [0.15, 0.2) is 0 Å². The number of nitrogens with one attached hydrogen (secondary N) is 1.